The van der Waals surface area contributed by atoms with Gasteiger partial charge in [0, 0.05) is 13.1 Å². The molecule has 0 unspecified atom stereocenters. The van der Waals surface area contributed by atoms with Gasteiger partial charge < -0.3 is 14.7 Å². The van der Waals surface area contributed by atoms with Gasteiger partial charge in [0.05, 0.1) is 20.1 Å². The number of carbonyl (C=O) groups excluding carboxylic acids is 1. The number of aliphatic hydroxyl groups excluding tert-OH is 1. The Morgan fingerprint density at radius 3 is 2.61 bits per heavy atom. The summed E-state index contributed by atoms with van der Waals surface area (Å²) in [6.07, 6.45) is 1.97. The summed E-state index contributed by atoms with van der Waals surface area (Å²) in [4.78, 5) is 13.6. The number of hydrogen-bond acceptors (Lipinski definition) is 3. The molecule has 98 valence electrons. The van der Waals surface area contributed by atoms with Gasteiger partial charge in [0.15, 0.2) is 0 Å². The molecule has 0 spiro atoms. The van der Waals surface area contributed by atoms with Crippen LogP contribution in [-0.2, 0) is 11.2 Å². The molecule has 1 rings (SSSR count). The van der Waals surface area contributed by atoms with E-state index in [1.807, 2.05) is 24.3 Å². The van der Waals surface area contributed by atoms with E-state index >= 15 is 0 Å². The molecular formula is C14H19NO3. The van der Waals surface area contributed by atoms with Crippen LogP contribution in [0.1, 0.15) is 5.56 Å². The molecule has 0 saturated heterocycles. The molecule has 4 heteroatoms. The molecule has 1 aromatic carbocycles. The predicted molar refractivity (Wildman–Crippen MR) is 70.6 cm³/mol. The number of hydrogen-bond donors (Lipinski definition) is 1. The first kappa shape index (κ1) is 14.3. The van der Waals surface area contributed by atoms with Gasteiger partial charge in [-0.2, -0.15) is 0 Å². The third-order valence-corrected chi connectivity index (χ3v) is 2.59. The highest BCUT2D eigenvalue weighted by Gasteiger charge is 2.11. The van der Waals surface area contributed by atoms with E-state index in [2.05, 4.69) is 6.58 Å². The van der Waals surface area contributed by atoms with E-state index in [0.717, 1.165) is 11.3 Å². The molecule has 0 aliphatic carbocycles. The second kappa shape index (κ2) is 7.50. The molecule has 0 bridgehead atoms. The average Bonchev–Trinajstić information content (AvgIpc) is 2.39. The minimum absolute atomic E-state index is 0.0193. The monoisotopic (exact) mass is 249 g/mol. The molecule has 0 atom stereocenters. The number of benzene rings is 1. The van der Waals surface area contributed by atoms with Crippen LogP contribution in [0.25, 0.3) is 0 Å². The van der Waals surface area contributed by atoms with Gasteiger partial charge in [-0.25, -0.2) is 0 Å². The standard InChI is InChI=1S/C14H19NO3/c1-3-8-15(9-10-16)14(17)11-12-4-6-13(18-2)7-5-12/h3-7,16H,1,8-11H2,2H3. The number of amides is 1. The van der Waals surface area contributed by atoms with Gasteiger partial charge >= 0.3 is 0 Å². The summed E-state index contributed by atoms with van der Waals surface area (Å²) in [6, 6.07) is 7.38. The third-order valence-electron chi connectivity index (χ3n) is 2.59. The molecule has 18 heavy (non-hydrogen) atoms. The first-order valence-electron chi connectivity index (χ1n) is 5.83. The van der Waals surface area contributed by atoms with Crippen molar-refractivity contribution in [1.29, 1.82) is 0 Å². The van der Waals surface area contributed by atoms with E-state index in [0.29, 0.717) is 19.5 Å². The molecule has 4 nitrogen and oxygen atoms in total. The van der Waals surface area contributed by atoms with Crippen LogP contribution in [0.3, 0.4) is 0 Å². The predicted octanol–water partition coefficient (Wildman–Crippen LogP) is 1.24. The van der Waals surface area contributed by atoms with Crippen LogP contribution < -0.4 is 4.74 Å². The smallest absolute Gasteiger partial charge is 0.227 e. The number of ether oxygens (including phenoxy) is 1. The van der Waals surface area contributed by atoms with Gasteiger partial charge in [-0.3, -0.25) is 4.79 Å². The van der Waals surface area contributed by atoms with Crippen LogP contribution in [0.2, 0.25) is 0 Å². The van der Waals surface area contributed by atoms with E-state index in [-0.39, 0.29) is 12.5 Å². The van der Waals surface area contributed by atoms with Crippen LogP contribution in [0, 0.1) is 0 Å². The Bertz CT molecular complexity index is 387. The lowest BCUT2D eigenvalue weighted by atomic mass is 10.1. The highest BCUT2D eigenvalue weighted by atomic mass is 16.5. The number of rotatable bonds is 7. The summed E-state index contributed by atoms with van der Waals surface area (Å²) in [5, 5.41) is 8.90. The summed E-state index contributed by atoms with van der Waals surface area (Å²) in [5.41, 5.74) is 0.924. The lowest BCUT2D eigenvalue weighted by Gasteiger charge is -2.20. The second-order valence-electron chi connectivity index (χ2n) is 3.88. The van der Waals surface area contributed by atoms with Crippen molar-refractivity contribution in [3.8, 4) is 5.75 Å². The molecule has 1 amide bonds. The topological polar surface area (TPSA) is 49.8 Å². The van der Waals surface area contributed by atoms with Crippen LogP contribution in [0.5, 0.6) is 5.75 Å². The quantitative estimate of drug-likeness (QED) is 0.740. The van der Waals surface area contributed by atoms with Gasteiger partial charge in [-0.15, -0.1) is 6.58 Å². The fraction of sp³-hybridized carbons (Fsp3) is 0.357. The lowest BCUT2D eigenvalue weighted by Crippen LogP contribution is -2.34. The Balaban J connectivity index is 2.63. The van der Waals surface area contributed by atoms with Gasteiger partial charge in [-0.1, -0.05) is 18.2 Å². The minimum Gasteiger partial charge on any atom is -0.497 e. The Kier molecular flexibility index (Phi) is 5.94. The number of methoxy groups -OCH3 is 1. The van der Waals surface area contributed by atoms with Crippen molar-refractivity contribution in [3.05, 3.63) is 42.5 Å². The van der Waals surface area contributed by atoms with E-state index in [4.69, 9.17) is 9.84 Å². The number of nitrogens with zero attached hydrogens (tertiary/aromatic N) is 1. The van der Waals surface area contributed by atoms with Crippen molar-refractivity contribution in [1.82, 2.24) is 4.90 Å². The summed E-state index contributed by atoms with van der Waals surface area (Å²) in [5.74, 6) is 0.749. The van der Waals surface area contributed by atoms with Crippen LogP contribution >= 0.6 is 0 Å². The zero-order chi connectivity index (χ0) is 13.4. The van der Waals surface area contributed by atoms with Gasteiger partial charge in [0.2, 0.25) is 5.91 Å². The van der Waals surface area contributed by atoms with E-state index < -0.39 is 0 Å². The van der Waals surface area contributed by atoms with Gasteiger partial charge in [0.25, 0.3) is 0 Å². The van der Waals surface area contributed by atoms with E-state index in [1.165, 1.54) is 0 Å². The molecule has 0 saturated carbocycles. The Hall–Kier alpha value is -1.81. The largest absolute Gasteiger partial charge is 0.497 e. The summed E-state index contributed by atoms with van der Waals surface area (Å²) >= 11 is 0. The molecule has 0 radical (unpaired) electrons. The summed E-state index contributed by atoms with van der Waals surface area (Å²) < 4.78 is 5.06. The lowest BCUT2D eigenvalue weighted by molar-refractivity contribution is -0.130. The summed E-state index contributed by atoms with van der Waals surface area (Å²) in [7, 11) is 1.60. The van der Waals surface area contributed by atoms with Crippen molar-refractivity contribution in [2.75, 3.05) is 26.8 Å². The molecule has 0 heterocycles. The Morgan fingerprint density at radius 1 is 1.44 bits per heavy atom. The molecule has 0 aliphatic heterocycles. The third kappa shape index (κ3) is 4.22. The fourth-order valence-electron chi connectivity index (χ4n) is 1.62. The zero-order valence-electron chi connectivity index (χ0n) is 10.6. The van der Waals surface area contributed by atoms with Crippen LogP contribution in [-0.4, -0.2) is 42.7 Å². The van der Waals surface area contributed by atoms with Gasteiger partial charge in [-0.05, 0) is 17.7 Å². The molecule has 0 fully saturated rings. The maximum atomic E-state index is 12.0. The SMILES string of the molecule is C=CCN(CCO)C(=O)Cc1ccc(OC)cc1. The molecule has 1 N–H and O–H groups in total. The Labute approximate surface area is 107 Å². The van der Waals surface area contributed by atoms with Gasteiger partial charge in [0.1, 0.15) is 5.75 Å². The minimum atomic E-state index is -0.0395. The van der Waals surface area contributed by atoms with Crippen LogP contribution in [0.15, 0.2) is 36.9 Å². The second-order valence-corrected chi connectivity index (χ2v) is 3.88. The van der Waals surface area contributed by atoms with Crippen molar-refractivity contribution in [2.24, 2.45) is 0 Å². The summed E-state index contributed by atoms with van der Waals surface area (Å²) in [6.45, 7) is 4.35. The van der Waals surface area contributed by atoms with Crippen molar-refractivity contribution in [3.63, 3.8) is 0 Å². The maximum absolute atomic E-state index is 12.0. The van der Waals surface area contributed by atoms with Crippen molar-refractivity contribution in [2.45, 2.75) is 6.42 Å². The first-order chi connectivity index (χ1) is 8.71. The number of aliphatic hydroxyl groups is 1. The highest BCUT2D eigenvalue weighted by Crippen LogP contribution is 2.12. The maximum Gasteiger partial charge on any atom is 0.227 e. The molecule has 1 aromatic rings. The van der Waals surface area contributed by atoms with E-state index in [1.54, 1.807) is 18.1 Å². The molecule has 0 aliphatic rings. The van der Waals surface area contributed by atoms with Crippen molar-refractivity contribution < 1.29 is 14.6 Å². The zero-order valence-corrected chi connectivity index (χ0v) is 10.6. The normalized spacial score (nSPS) is 9.89. The van der Waals surface area contributed by atoms with E-state index in [9.17, 15) is 4.79 Å². The highest BCUT2D eigenvalue weighted by molar-refractivity contribution is 5.79. The average molecular weight is 249 g/mol. The first-order valence-corrected chi connectivity index (χ1v) is 5.83. The van der Waals surface area contributed by atoms with Crippen molar-refractivity contribution >= 4 is 5.91 Å². The Morgan fingerprint density at radius 2 is 2.11 bits per heavy atom. The number of carbonyl (C=O) groups is 1. The van der Waals surface area contributed by atoms with Crippen LogP contribution in [0.4, 0.5) is 0 Å². The molecule has 0 aromatic heterocycles. The fourth-order valence-corrected chi connectivity index (χ4v) is 1.62. The molecular weight excluding hydrogens is 230 g/mol.